The Morgan fingerprint density at radius 3 is 2.56 bits per heavy atom. The van der Waals surface area contributed by atoms with Crippen LogP contribution in [0.2, 0.25) is 0 Å². The largest absolute Gasteiger partial charge is 0.493 e. The summed E-state index contributed by atoms with van der Waals surface area (Å²) in [6.07, 6.45) is 5.31. The normalized spacial score (nSPS) is 26.8. The van der Waals surface area contributed by atoms with Crippen molar-refractivity contribution in [2.45, 2.75) is 38.1 Å². The Kier molecular flexibility index (Phi) is 6.96. The number of hydrogen-bond donors (Lipinski definition) is 2. The molecule has 4 atom stereocenters. The highest BCUT2D eigenvalue weighted by Gasteiger charge is 2.48. The molecule has 2 fully saturated rings. The van der Waals surface area contributed by atoms with Crippen molar-refractivity contribution in [3.8, 4) is 11.5 Å². The molecule has 2 aliphatic carbocycles. The van der Waals surface area contributed by atoms with E-state index in [0.29, 0.717) is 18.4 Å². The summed E-state index contributed by atoms with van der Waals surface area (Å²) >= 11 is 0. The number of hydrogen-bond acceptors (Lipinski definition) is 4. The summed E-state index contributed by atoms with van der Waals surface area (Å²) in [6.45, 7) is 0.688. The van der Waals surface area contributed by atoms with Crippen molar-refractivity contribution in [1.82, 2.24) is 5.32 Å². The van der Waals surface area contributed by atoms with Gasteiger partial charge in [-0.2, -0.15) is 0 Å². The highest BCUT2D eigenvalue weighted by Crippen LogP contribution is 2.47. The first-order valence-corrected chi connectivity index (χ1v) is 8.88. The van der Waals surface area contributed by atoms with Crippen LogP contribution in [-0.2, 0) is 11.2 Å². The molecule has 6 heteroatoms. The minimum atomic E-state index is 0. The number of carbonyl (C=O) groups excluding carboxylic acids is 1. The molecule has 2 saturated carbocycles. The number of halogens is 1. The molecule has 25 heavy (non-hydrogen) atoms. The molecule has 0 spiro atoms. The molecule has 1 aromatic rings. The number of fused-ring (bicyclic) bond motifs is 2. The quantitative estimate of drug-likeness (QED) is 0.725. The van der Waals surface area contributed by atoms with Crippen LogP contribution in [0.25, 0.3) is 0 Å². The van der Waals surface area contributed by atoms with Gasteiger partial charge < -0.3 is 20.5 Å². The number of methoxy groups -OCH3 is 2. The smallest absolute Gasteiger partial charge is 0.224 e. The Morgan fingerprint density at radius 1 is 1.20 bits per heavy atom. The van der Waals surface area contributed by atoms with E-state index in [9.17, 15) is 4.79 Å². The molecule has 0 saturated heterocycles. The monoisotopic (exact) mass is 368 g/mol. The van der Waals surface area contributed by atoms with Gasteiger partial charge in [-0.15, -0.1) is 12.4 Å². The van der Waals surface area contributed by atoms with Gasteiger partial charge in [0.05, 0.1) is 20.1 Å². The van der Waals surface area contributed by atoms with Crippen molar-refractivity contribution in [2.75, 3.05) is 20.8 Å². The molecule has 5 nitrogen and oxygen atoms in total. The number of aryl methyl sites for hydroxylation is 1. The predicted molar refractivity (Wildman–Crippen MR) is 100 cm³/mol. The van der Waals surface area contributed by atoms with Crippen LogP contribution < -0.4 is 20.5 Å². The zero-order chi connectivity index (χ0) is 17.1. The molecule has 0 radical (unpaired) electrons. The number of amides is 1. The SMILES string of the molecule is COc1ccc(CCCNC(=O)C2C3CCC(C3)C2N)cc1OC.Cl. The average molecular weight is 369 g/mol. The Morgan fingerprint density at radius 2 is 1.92 bits per heavy atom. The summed E-state index contributed by atoms with van der Waals surface area (Å²) < 4.78 is 10.6. The van der Waals surface area contributed by atoms with E-state index in [4.69, 9.17) is 15.2 Å². The highest BCUT2D eigenvalue weighted by atomic mass is 35.5. The van der Waals surface area contributed by atoms with E-state index in [-0.39, 0.29) is 30.3 Å². The van der Waals surface area contributed by atoms with Gasteiger partial charge in [-0.25, -0.2) is 0 Å². The molecular formula is C19H29ClN2O3. The third-order valence-corrected chi connectivity index (χ3v) is 5.67. The molecule has 1 amide bonds. The Hall–Kier alpha value is -1.46. The van der Waals surface area contributed by atoms with Gasteiger partial charge in [0.2, 0.25) is 5.91 Å². The molecule has 0 aromatic heterocycles. The van der Waals surface area contributed by atoms with Gasteiger partial charge >= 0.3 is 0 Å². The maximum absolute atomic E-state index is 12.4. The van der Waals surface area contributed by atoms with Gasteiger partial charge in [0.1, 0.15) is 0 Å². The molecule has 140 valence electrons. The Bertz CT molecular complexity index is 594. The van der Waals surface area contributed by atoms with Crippen LogP contribution in [0.1, 0.15) is 31.2 Å². The number of rotatable bonds is 7. The van der Waals surface area contributed by atoms with Crippen LogP contribution in [0.4, 0.5) is 0 Å². The number of nitrogens with two attached hydrogens (primary N) is 1. The third-order valence-electron chi connectivity index (χ3n) is 5.67. The van der Waals surface area contributed by atoms with Gasteiger partial charge in [0, 0.05) is 12.6 Å². The number of ether oxygens (including phenoxy) is 2. The predicted octanol–water partition coefficient (Wildman–Crippen LogP) is 2.55. The lowest BCUT2D eigenvalue weighted by atomic mass is 9.84. The first-order valence-electron chi connectivity index (χ1n) is 8.88. The van der Waals surface area contributed by atoms with Crippen LogP contribution in [0.5, 0.6) is 11.5 Å². The van der Waals surface area contributed by atoms with E-state index in [0.717, 1.165) is 30.8 Å². The van der Waals surface area contributed by atoms with Gasteiger partial charge in [0.25, 0.3) is 0 Å². The van der Waals surface area contributed by atoms with Crippen molar-refractivity contribution in [3.63, 3.8) is 0 Å². The molecule has 3 rings (SSSR count). The number of benzene rings is 1. The number of carbonyl (C=O) groups is 1. The summed E-state index contributed by atoms with van der Waals surface area (Å²) in [5.74, 6) is 2.74. The lowest BCUT2D eigenvalue weighted by Gasteiger charge is -2.27. The minimum Gasteiger partial charge on any atom is -0.493 e. The third kappa shape index (κ3) is 4.21. The summed E-state index contributed by atoms with van der Waals surface area (Å²) in [5, 5.41) is 3.09. The van der Waals surface area contributed by atoms with Crippen molar-refractivity contribution in [3.05, 3.63) is 23.8 Å². The lowest BCUT2D eigenvalue weighted by Crippen LogP contribution is -2.45. The van der Waals surface area contributed by atoms with Gasteiger partial charge in [-0.3, -0.25) is 4.79 Å². The lowest BCUT2D eigenvalue weighted by molar-refractivity contribution is -0.127. The van der Waals surface area contributed by atoms with Crippen LogP contribution in [0, 0.1) is 17.8 Å². The molecule has 0 heterocycles. The second-order valence-corrected chi connectivity index (χ2v) is 7.02. The summed E-state index contributed by atoms with van der Waals surface area (Å²) in [6, 6.07) is 6.01. The van der Waals surface area contributed by atoms with E-state index in [1.165, 1.54) is 18.4 Å². The standard InChI is InChI=1S/C19H28N2O3.ClH/c1-23-15-8-5-12(10-16(15)24-2)4-3-9-21-19(22)17-13-6-7-14(11-13)18(17)20;/h5,8,10,13-14,17-18H,3-4,6-7,9,11,20H2,1-2H3,(H,21,22);1H. The maximum atomic E-state index is 12.4. The zero-order valence-corrected chi connectivity index (χ0v) is 15.8. The fraction of sp³-hybridized carbons (Fsp3) is 0.632. The molecule has 0 aliphatic heterocycles. The highest BCUT2D eigenvalue weighted by molar-refractivity contribution is 5.85. The van der Waals surface area contributed by atoms with Crippen LogP contribution >= 0.6 is 12.4 Å². The fourth-order valence-electron chi connectivity index (χ4n) is 4.38. The Balaban J connectivity index is 0.00000225. The van der Waals surface area contributed by atoms with Crippen LogP contribution in [0.3, 0.4) is 0 Å². The zero-order valence-electron chi connectivity index (χ0n) is 15.0. The molecule has 2 bridgehead atoms. The fourth-order valence-corrected chi connectivity index (χ4v) is 4.38. The van der Waals surface area contributed by atoms with E-state index in [1.807, 2.05) is 18.2 Å². The van der Waals surface area contributed by atoms with E-state index in [1.54, 1.807) is 14.2 Å². The molecule has 1 aromatic carbocycles. The van der Waals surface area contributed by atoms with Crippen molar-refractivity contribution < 1.29 is 14.3 Å². The van der Waals surface area contributed by atoms with Crippen molar-refractivity contribution in [2.24, 2.45) is 23.5 Å². The molecule has 4 unspecified atom stereocenters. The van der Waals surface area contributed by atoms with Crippen molar-refractivity contribution >= 4 is 18.3 Å². The summed E-state index contributed by atoms with van der Waals surface area (Å²) in [7, 11) is 3.27. The van der Waals surface area contributed by atoms with Crippen LogP contribution in [-0.4, -0.2) is 32.7 Å². The van der Waals surface area contributed by atoms with E-state index < -0.39 is 0 Å². The first kappa shape index (κ1) is 19.9. The van der Waals surface area contributed by atoms with Crippen molar-refractivity contribution in [1.29, 1.82) is 0 Å². The van der Waals surface area contributed by atoms with Gasteiger partial charge in [-0.05, 0) is 61.6 Å². The molecule has 3 N–H and O–H groups in total. The average Bonchev–Trinajstić information content (AvgIpc) is 3.19. The molecule has 2 aliphatic rings. The van der Waals surface area contributed by atoms with E-state index >= 15 is 0 Å². The topological polar surface area (TPSA) is 73.6 Å². The number of nitrogens with one attached hydrogen (secondary N) is 1. The van der Waals surface area contributed by atoms with Gasteiger partial charge in [-0.1, -0.05) is 6.07 Å². The summed E-state index contributed by atoms with van der Waals surface area (Å²) in [5.41, 5.74) is 7.41. The second kappa shape index (κ2) is 8.77. The van der Waals surface area contributed by atoms with E-state index in [2.05, 4.69) is 5.32 Å². The Labute approximate surface area is 156 Å². The summed E-state index contributed by atoms with van der Waals surface area (Å²) in [4.78, 5) is 12.4. The maximum Gasteiger partial charge on any atom is 0.224 e. The first-order chi connectivity index (χ1) is 11.6. The second-order valence-electron chi connectivity index (χ2n) is 7.02. The van der Waals surface area contributed by atoms with Crippen LogP contribution in [0.15, 0.2) is 18.2 Å². The van der Waals surface area contributed by atoms with Gasteiger partial charge in [0.15, 0.2) is 11.5 Å². The molecular weight excluding hydrogens is 340 g/mol. The minimum absolute atomic E-state index is 0.